The van der Waals surface area contributed by atoms with E-state index in [0.29, 0.717) is 29.9 Å². The molecule has 1 aromatic carbocycles. The Morgan fingerprint density at radius 3 is 2.35 bits per heavy atom. The van der Waals surface area contributed by atoms with Crippen LogP contribution in [0.4, 0.5) is 29.0 Å². The predicted molar refractivity (Wildman–Crippen MR) is 146 cm³/mol. The maximum Gasteiger partial charge on any atom is 0.325 e. The lowest BCUT2D eigenvalue weighted by molar-refractivity contribution is -0.140. The number of hydrogen-bond acceptors (Lipinski definition) is 11. The molecule has 37 heavy (non-hydrogen) atoms. The number of aromatic nitrogens is 2. The predicted octanol–water partition coefficient (Wildman–Crippen LogP) is 3.52. The molecule has 0 bridgehead atoms. The molecule has 4 rings (SSSR count). The van der Waals surface area contributed by atoms with Crippen LogP contribution in [0.5, 0.6) is 0 Å². The molecule has 1 aromatic heterocycles. The fraction of sp³-hybridized carbons (Fsp3) is 0.577. The van der Waals surface area contributed by atoms with Crippen LogP contribution >= 0.6 is 0 Å². The molecule has 11 nitrogen and oxygen atoms in total. The van der Waals surface area contributed by atoms with E-state index in [2.05, 4.69) is 42.6 Å². The Morgan fingerprint density at radius 1 is 0.946 bits per heavy atom. The van der Waals surface area contributed by atoms with Gasteiger partial charge in [-0.2, -0.15) is 15.1 Å². The molecule has 2 saturated heterocycles. The maximum atomic E-state index is 12.1. The van der Waals surface area contributed by atoms with E-state index in [1.54, 1.807) is 6.92 Å². The number of nitrogens with zero attached hydrogens (tertiary/aromatic N) is 7. The van der Waals surface area contributed by atoms with E-state index in [4.69, 9.17) is 14.7 Å². The number of rotatable bonds is 11. The zero-order chi connectivity index (χ0) is 25.9. The van der Waals surface area contributed by atoms with Crippen LogP contribution in [-0.4, -0.2) is 98.3 Å². The van der Waals surface area contributed by atoms with Crippen molar-refractivity contribution in [3.8, 4) is 0 Å². The monoisotopic (exact) mass is 509 g/mol. The number of likely N-dealkylation sites (tertiary alicyclic amines) is 1. The summed E-state index contributed by atoms with van der Waals surface area (Å²) in [5.41, 5.74) is 1.20. The second-order valence-electron chi connectivity index (χ2n) is 9.38. The van der Waals surface area contributed by atoms with Gasteiger partial charge in [-0.15, -0.1) is 5.11 Å². The second-order valence-corrected chi connectivity index (χ2v) is 9.38. The Bertz CT molecular complexity index is 1020. The van der Waals surface area contributed by atoms with E-state index in [1.807, 2.05) is 30.3 Å². The Labute approximate surface area is 219 Å². The van der Waals surface area contributed by atoms with Gasteiger partial charge in [0.15, 0.2) is 17.3 Å². The molecule has 0 atom stereocenters. The van der Waals surface area contributed by atoms with Gasteiger partial charge in [0.05, 0.1) is 12.3 Å². The van der Waals surface area contributed by atoms with E-state index in [0.717, 1.165) is 58.0 Å². The summed E-state index contributed by atoms with van der Waals surface area (Å²) in [7, 11) is 2.12. The molecule has 0 saturated carbocycles. The molecule has 0 aliphatic carbocycles. The largest absolute Gasteiger partial charge is 0.465 e. The van der Waals surface area contributed by atoms with Gasteiger partial charge in [0, 0.05) is 39.3 Å². The van der Waals surface area contributed by atoms with Crippen LogP contribution in [0, 0.1) is 0 Å². The number of nitrogens with one attached hydrogen (secondary N) is 2. The van der Waals surface area contributed by atoms with Gasteiger partial charge < -0.3 is 30.1 Å². The number of carbonyl (C=O) groups excluding carboxylic acids is 1. The van der Waals surface area contributed by atoms with Gasteiger partial charge in [-0.1, -0.05) is 24.6 Å². The van der Waals surface area contributed by atoms with Crippen LogP contribution in [0.25, 0.3) is 0 Å². The summed E-state index contributed by atoms with van der Waals surface area (Å²) < 4.78 is 5.12. The Balaban J connectivity index is 1.63. The van der Waals surface area contributed by atoms with Gasteiger partial charge in [0.1, 0.15) is 6.54 Å². The minimum absolute atomic E-state index is 0.0197. The lowest BCUT2D eigenvalue weighted by atomic mass is 10.1. The average molecular weight is 510 g/mol. The van der Waals surface area contributed by atoms with Crippen molar-refractivity contribution in [3.63, 3.8) is 0 Å². The van der Waals surface area contributed by atoms with Crippen LogP contribution in [0.2, 0.25) is 0 Å². The van der Waals surface area contributed by atoms with E-state index in [-0.39, 0.29) is 12.5 Å². The summed E-state index contributed by atoms with van der Waals surface area (Å²) >= 11 is 0. The topological polar surface area (TPSA) is 111 Å². The molecule has 0 unspecified atom stereocenters. The average Bonchev–Trinajstić information content (AvgIpc) is 2.93. The fourth-order valence-corrected chi connectivity index (χ4v) is 4.42. The molecule has 0 radical (unpaired) electrons. The summed E-state index contributed by atoms with van der Waals surface area (Å²) in [5, 5.41) is 15.6. The number of anilines is 3. The van der Waals surface area contributed by atoms with Crippen molar-refractivity contribution >= 4 is 34.9 Å². The molecule has 2 fully saturated rings. The van der Waals surface area contributed by atoms with Crippen molar-refractivity contribution in [1.82, 2.24) is 19.8 Å². The van der Waals surface area contributed by atoms with E-state index < -0.39 is 0 Å². The van der Waals surface area contributed by atoms with Crippen molar-refractivity contribution in [2.75, 3.05) is 88.1 Å². The zero-order valence-corrected chi connectivity index (χ0v) is 22.0. The van der Waals surface area contributed by atoms with E-state index >= 15 is 0 Å². The lowest BCUT2D eigenvalue weighted by Gasteiger charge is -2.33. The van der Waals surface area contributed by atoms with Gasteiger partial charge in [-0.05, 0) is 52.0 Å². The second kappa shape index (κ2) is 13.8. The normalized spacial score (nSPS) is 17.2. The first-order chi connectivity index (χ1) is 18.1. The number of ether oxygens (including phenoxy) is 1. The summed E-state index contributed by atoms with van der Waals surface area (Å²) in [5.74, 6) is 1.32. The third-order valence-corrected chi connectivity index (χ3v) is 6.55. The number of azo groups is 1. The zero-order valence-electron chi connectivity index (χ0n) is 22.0. The first kappa shape index (κ1) is 26.7. The molecule has 2 aromatic rings. The molecule has 200 valence electrons. The molecule has 11 heteroatoms. The van der Waals surface area contributed by atoms with Crippen molar-refractivity contribution in [1.29, 1.82) is 0 Å². The maximum absolute atomic E-state index is 12.1. The van der Waals surface area contributed by atoms with Crippen molar-refractivity contribution in [2.45, 2.75) is 26.2 Å². The van der Waals surface area contributed by atoms with E-state index in [1.165, 1.54) is 19.3 Å². The lowest BCUT2D eigenvalue weighted by Crippen LogP contribution is -2.45. The number of benzene rings is 1. The van der Waals surface area contributed by atoms with Crippen molar-refractivity contribution in [2.24, 2.45) is 10.2 Å². The number of likely N-dealkylation sites (N-methyl/N-ethyl adjacent to an activating group) is 1. The third-order valence-electron chi connectivity index (χ3n) is 6.55. The minimum atomic E-state index is -0.354. The first-order valence-corrected chi connectivity index (χ1v) is 13.3. The summed E-state index contributed by atoms with van der Waals surface area (Å²) in [6.07, 6.45) is 3.81. The third kappa shape index (κ3) is 8.09. The highest BCUT2D eigenvalue weighted by atomic mass is 16.5. The highest BCUT2D eigenvalue weighted by molar-refractivity contribution is 5.80. The number of piperazine rings is 1. The van der Waals surface area contributed by atoms with Crippen LogP contribution in [-0.2, 0) is 9.53 Å². The number of hydrogen-bond donors (Lipinski definition) is 2. The molecule has 3 heterocycles. The molecule has 2 aliphatic heterocycles. The number of esters is 1. The molecule has 0 spiro atoms. The number of piperidine rings is 1. The summed E-state index contributed by atoms with van der Waals surface area (Å²) in [4.78, 5) is 28.8. The highest BCUT2D eigenvalue weighted by Crippen LogP contribution is 2.34. The highest BCUT2D eigenvalue weighted by Gasteiger charge is 2.22. The van der Waals surface area contributed by atoms with Gasteiger partial charge >= 0.3 is 5.97 Å². The van der Waals surface area contributed by atoms with Crippen LogP contribution in [0.3, 0.4) is 0 Å². The summed E-state index contributed by atoms with van der Waals surface area (Å²) in [6, 6.07) is 9.54. The van der Waals surface area contributed by atoms with Gasteiger partial charge in [-0.3, -0.25) is 4.79 Å². The van der Waals surface area contributed by atoms with E-state index in [9.17, 15) is 4.79 Å². The first-order valence-electron chi connectivity index (χ1n) is 13.3. The molecule has 2 aliphatic rings. The van der Waals surface area contributed by atoms with Gasteiger partial charge in [-0.25, -0.2) is 0 Å². The van der Waals surface area contributed by atoms with Gasteiger partial charge in [0.25, 0.3) is 0 Å². The van der Waals surface area contributed by atoms with Crippen LogP contribution < -0.4 is 15.5 Å². The fourth-order valence-electron chi connectivity index (χ4n) is 4.42. The minimum Gasteiger partial charge on any atom is -0.465 e. The van der Waals surface area contributed by atoms with Crippen molar-refractivity contribution in [3.05, 3.63) is 30.3 Å². The Kier molecular flexibility index (Phi) is 10.0. The smallest absolute Gasteiger partial charge is 0.325 e. The molecule has 2 N–H and O–H groups in total. The molecule has 0 amide bonds. The van der Waals surface area contributed by atoms with Gasteiger partial charge in [0.2, 0.25) is 5.95 Å². The quantitative estimate of drug-likeness (QED) is 0.347. The molecular weight excluding hydrogens is 470 g/mol. The Hall–Kier alpha value is -3.31. The summed E-state index contributed by atoms with van der Waals surface area (Å²) in [6.45, 7) is 9.52. The standard InChI is InChI=1S/C26H39N9O2/c1-3-37-22(36)20-28-25-23(32-31-21-10-6-4-7-11-21)24(27-12-15-34-13-8-5-9-14-34)29-26(30-25)35-18-16-33(2)17-19-35/h4,6-7,10-11H,3,5,8-9,12-20H2,1-2H3,(H2,27,28,29,30). The number of carbonyl (C=O) groups is 1. The van der Waals surface area contributed by atoms with Crippen molar-refractivity contribution < 1.29 is 9.53 Å². The SMILES string of the molecule is CCOC(=O)CNc1nc(N2CCN(C)CC2)nc(NCCN2CCCCC2)c1N=Nc1ccccc1. The van der Waals surface area contributed by atoms with Crippen LogP contribution in [0.15, 0.2) is 40.6 Å². The molecular formula is C26H39N9O2. The Morgan fingerprint density at radius 2 is 1.65 bits per heavy atom. The van der Waals surface area contributed by atoms with Crippen LogP contribution in [0.1, 0.15) is 26.2 Å².